The molecule has 0 atom stereocenters. The first-order valence-corrected chi connectivity index (χ1v) is 14.1. The van der Waals surface area contributed by atoms with Gasteiger partial charge in [-0.1, -0.05) is 18.6 Å². The van der Waals surface area contributed by atoms with Gasteiger partial charge in [0, 0.05) is 56.4 Å². The molecule has 180 valence electrons. The van der Waals surface area contributed by atoms with Crippen molar-refractivity contribution in [3.63, 3.8) is 0 Å². The third-order valence-electron chi connectivity index (χ3n) is 6.52. The number of hydrogen-bond donors (Lipinski definition) is 1. The first-order valence-electron chi connectivity index (χ1n) is 11.8. The number of anilines is 1. The van der Waals surface area contributed by atoms with Gasteiger partial charge in [-0.25, -0.2) is 8.42 Å². The Balaban J connectivity index is 1.29. The summed E-state index contributed by atoms with van der Waals surface area (Å²) in [5, 5.41) is 5.07. The zero-order chi connectivity index (χ0) is 23.3. The standard InChI is InChI=1S/C24H34N4O3S2/c1-20-7-8-22(33(30,31)28-10-3-2-4-11-28)18-23(20)25-24(29)19-27-15-13-26(14-16-27)12-9-21-6-5-17-32-21/h5-8,17-18H,2-4,9-16,19H2,1H3,(H,25,29). The van der Waals surface area contributed by atoms with Crippen LogP contribution in [0.3, 0.4) is 0 Å². The summed E-state index contributed by atoms with van der Waals surface area (Å²) >= 11 is 1.80. The third kappa shape index (κ3) is 6.42. The van der Waals surface area contributed by atoms with Gasteiger partial charge in [0.15, 0.2) is 0 Å². The smallest absolute Gasteiger partial charge is 0.243 e. The molecule has 0 unspecified atom stereocenters. The Morgan fingerprint density at radius 3 is 2.42 bits per heavy atom. The van der Waals surface area contributed by atoms with E-state index in [0.717, 1.165) is 64.0 Å². The molecule has 1 amide bonds. The number of piperazine rings is 1. The van der Waals surface area contributed by atoms with E-state index in [0.29, 0.717) is 25.3 Å². The van der Waals surface area contributed by atoms with Gasteiger partial charge in [0.05, 0.1) is 11.4 Å². The van der Waals surface area contributed by atoms with E-state index in [4.69, 9.17) is 0 Å². The lowest BCUT2D eigenvalue weighted by molar-refractivity contribution is -0.117. The van der Waals surface area contributed by atoms with E-state index in [9.17, 15) is 13.2 Å². The number of rotatable bonds is 8. The van der Waals surface area contributed by atoms with E-state index < -0.39 is 10.0 Å². The maximum absolute atomic E-state index is 13.0. The van der Waals surface area contributed by atoms with Crippen LogP contribution in [0.25, 0.3) is 0 Å². The third-order valence-corrected chi connectivity index (χ3v) is 9.35. The van der Waals surface area contributed by atoms with Gasteiger partial charge in [-0.3, -0.25) is 9.69 Å². The van der Waals surface area contributed by atoms with Crippen LogP contribution in [0.1, 0.15) is 29.7 Å². The zero-order valence-electron chi connectivity index (χ0n) is 19.3. The highest BCUT2D eigenvalue weighted by atomic mass is 32.2. The fraction of sp³-hybridized carbons (Fsp3) is 0.542. The molecule has 1 aromatic carbocycles. The largest absolute Gasteiger partial charge is 0.325 e. The lowest BCUT2D eigenvalue weighted by Gasteiger charge is -2.34. The molecule has 9 heteroatoms. The topological polar surface area (TPSA) is 73.0 Å². The molecule has 0 saturated carbocycles. The van der Waals surface area contributed by atoms with E-state index >= 15 is 0 Å². The van der Waals surface area contributed by atoms with Crippen LogP contribution < -0.4 is 5.32 Å². The highest BCUT2D eigenvalue weighted by Gasteiger charge is 2.26. The first-order chi connectivity index (χ1) is 15.9. The molecule has 4 rings (SSSR count). The van der Waals surface area contributed by atoms with E-state index in [1.807, 2.05) is 6.92 Å². The number of hydrogen-bond acceptors (Lipinski definition) is 6. The summed E-state index contributed by atoms with van der Waals surface area (Å²) in [7, 11) is -3.53. The van der Waals surface area contributed by atoms with Crippen molar-refractivity contribution < 1.29 is 13.2 Å². The van der Waals surface area contributed by atoms with Crippen LogP contribution in [0.2, 0.25) is 0 Å². The highest BCUT2D eigenvalue weighted by molar-refractivity contribution is 7.89. The molecule has 2 aliphatic heterocycles. The molecule has 2 fully saturated rings. The predicted molar refractivity (Wildman–Crippen MR) is 133 cm³/mol. The fourth-order valence-corrected chi connectivity index (χ4v) is 6.68. The molecule has 2 saturated heterocycles. The molecule has 3 heterocycles. The molecule has 33 heavy (non-hydrogen) atoms. The maximum Gasteiger partial charge on any atom is 0.243 e. The Kier molecular flexibility index (Phi) is 8.19. The normalized spacial score (nSPS) is 18.9. The Hall–Kier alpha value is -1.78. The van der Waals surface area contributed by atoms with E-state index in [-0.39, 0.29) is 10.8 Å². The minimum Gasteiger partial charge on any atom is -0.325 e. The second kappa shape index (κ2) is 11.1. The highest BCUT2D eigenvalue weighted by Crippen LogP contribution is 2.25. The van der Waals surface area contributed by atoms with Crippen molar-refractivity contribution in [2.45, 2.75) is 37.5 Å². The predicted octanol–water partition coefficient (Wildman–Crippen LogP) is 3.03. The van der Waals surface area contributed by atoms with Crippen molar-refractivity contribution >= 4 is 33.0 Å². The van der Waals surface area contributed by atoms with Crippen LogP contribution in [0.15, 0.2) is 40.6 Å². The number of benzene rings is 1. The van der Waals surface area contributed by atoms with Gasteiger partial charge in [0.25, 0.3) is 0 Å². The summed E-state index contributed by atoms with van der Waals surface area (Å²) in [4.78, 5) is 19.0. The maximum atomic E-state index is 13.0. The van der Waals surface area contributed by atoms with Crippen LogP contribution in [0.4, 0.5) is 5.69 Å². The van der Waals surface area contributed by atoms with Crippen LogP contribution in [0, 0.1) is 6.92 Å². The summed E-state index contributed by atoms with van der Waals surface area (Å²) < 4.78 is 27.6. The number of sulfonamides is 1. The average Bonchev–Trinajstić information content (AvgIpc) is 3.34. The van der Waals surface area contributed by atoms with Crippen LogP contribution in [0.5, 0.6) is 0 Å². The zero-order valence-corrected chi connectivity index (χ0v) is 21.0. The second-order valence-corrected chi connectivity index (χ2v) is 11.9. The van der Waals surface area contributed by atoms with Gasteiger partial charge in [0.1, 0.15) is 0 Å². The number of aryl methyl sites for hydroxylation is 1. The molecule has 0 radical (unpaired) electrons. The summed E-state index contributed by atoms with van der Waals surface area (Å²) in [6, 6.07) is 9.31. The quantitative estimate of drug-likeness (QED) is 0.616. The van der Waals surface area contributed by atoms with Crippen LogP contribution >= 0.6 is 11.3 Å². The number of thiophene rings is 1. The molecule has 2 aromatic rings. The monoisotopic (exact) mass is 490 g/mol. The molecule has 7 nitrogen and oxygen atoms in total. The summed E-state index contributed by atoms with van der Waals surface area (Å²) in [6.45, 7) is 8.04. The van der Waals surface area contributed by atoms with Gasteiger partial charge in [0.2, 0.25) is 15.9 Å². The summed E-state index contributed by atoms with van der Waals surface area (Å²) in [5.74, 6) is -0.0994. The average molecular weight is 491 g/mol. The van der Waals surface area contributed by atoms with Gasteiger partial charge in [-0.15, -0.1) is 11.3 Å². The fourth-order valence-electron chi connectivity index (χ4n) is 4.44. The molecule has 0 bridgehead atoms. The van der Waals surface area contributed by atoms with E-state index in [2.05, 4.69) is 32.6 Å². The molecular weight excluding hydrogens is 456 g/mol. The number of carbonyl (C=O) groups excluding carboxylic acids is 1. The van der Waals surface area contributed by atoms with Crippen molar-refractivity contribution in [3.05, 3.63) is 46.2 Å². The second-order valence-electron chi connectivity index (χ2n) is 8.94. The summed E-state index contributed by atoms with van der Waals surface area (Å²) in [6.07, 6.45) is 3.95. The number of amides is 1. The molecule has 1 N–H and O–H groups in total. The molecule has 0 spiro atoms. The lowest BCUT2D eigenvalue weighted by Crippen LogP contribution is -2.49. The van der Waals surface area contributed by atoms with E-state index in [1.54, 1.807) is 33.8 Å². The van der Waals surface area contributed by atoms with Gasteiger partial charge in [-0.05, 0) is 55.3 Å². The number of nitrogens with zero attached hydrogens (tertiary/aromatic N) is 3. The van der Waals surface area contributed by atoms with Gasteiger partial charge >= 0.3 is 0 Å². The molecule has 1 aromatic heterocycles. The van der Waals surface area contributed by atoms with Gasteiger partial charge in [-0.2, -0.15) is 4.31 Å². The Morgan fingerprint density at radius 2 is 1.73 bits per heavy atom. The van der Waals surface area contributed by atoms with Crippen LogP contribution in [-0.2, 0) is 21.2 Å². The molecule has 2 aliphatic rings. The number of nitrogens with one attached hydrogen (secondary N) is 1. The number of carbonyl (C=O) groups is 1. The minimum absolute atomic E-state index is 0.0994. The van der Waals surface area contributed by atoms with Crippen LogP contribution in [-0.4, -0.2) is 80.8 Å². The van der Waals surface area contributed by atoms with Crippen molar-refractivity contribution in [3.8, 4) is 0 Å². The molecular formula is C24H34N4O3S2. The van der Waals surface area contributed by atoms with Crippen molar-refractivity contribution in [2.24, 2.45) is 0 Å². The molecule has 0 aliphatic carbocycles. The van der Waals surface area contributed by atoms with Gasteiger partial charge < -0.3 is 10.2 Å². The first kappa shape index (κ1) is 24.3. The number of piperidine rings is 1. The summed E-state index contributed by atoms with van der Waals surface area (Å²) in [5.41, 5.74) is 1.44. The minimum atomic E-state index is -3.53. The SMILES string of the molecule is Cc1ccc(S(=O)(=O)N2CCCCC2)cc1NC(=O)CN1CCN(CCc2cccs2)CC1. The Labute approximate surface area is 201 Å². The van der Waals surface area contributed by atoms with Crippen molar-refractivity contribution in [1.82, 2.24) is 14.1 Å². The van der Waals surface area contributed by atoms with E-state index in [1.165, 1.54) is 4.88 Å². The Bertz CT molecular complexity index is 1030. The lowest BCUT2D eigenvalue weighted by atomic mass is 10.2. The van der Waals surface area contributed by atoms with Crippen molar-refractivity contribution in [2.75, 3.05) is 57.7 Å². The van der Waals surface area contributed by atoms with Crippen molar-refractivity contribution in [1.29, 1.82) is 0 Å². The Morgan fingerprint density at radius 1 is 1.00 bits per heavy atom.